The molecule has 1 aromatic carbocycles. The molecule has 18 heavy (non-hydrogen) atoms. The van der Waals surface area contributed by atoms with Crippen LogP contribution in [0.2, 0.25) is 0 Å². The van der Waals surface area contributed by atoms with E-state index in [2.05, 4.69) is 0 Å². The van der Waals surface area contributed by atoms with E-state index >= 15 is 0 Å². The molecule has 0 unspecified atom stereocenters. The molecule has 0 spiro atoms. The van der Waals surface area contributed by atoms with Crippen LogP contribution in [-0.2, 0) is 13.6 Å². The molecule has 0 aliphatic carbocycles. The fourth-order valence-corrected chi connectivity index (χ4v) is 1.81. The van der Waals surface area contributed by atoms with Crippen LogP contribution in [0.4, 0.5) is 0 Å². The van der Waals surface area contributed by atoms with Gasteiger partial charge in [0.15, 0.2) is 11.5 Å². The van der Waals surface area contributed by atoms with Crippen LogP contribution >= 0.6 is 0 Å². The Hall–Kier alpha value is -2.17. The van der Waals surface area contributed by atoms with Crippen molar-refractivity contribution in [1.29, 1.82) is 0 Å². The van der Waals surface area contributed by atoms with Crippen molar-refractivity contribution in [3.05, 3.63) is 46.6 Å². The molecule has 0 fully saturated rings. The third-order valence-electron chi connectivity index (χ3n) is 2.82. The van der Waals surface area contributed by atoms with Gasteiger partial charge in [0.2, 0.25) is 0 Å². The highest BCUT2D eigenvalue weighted by Crippen LogP contribution is 2.27. The van der Waals surface area contributed by atoms with Crippen LogP contribution in [0.1, 0.15) is 5.56 Å². The van der Waals surface area contributed by atoms with Gasteiger partial charge in [-0.1, -0.05) is 6.07 Å². The first-order valence-electron chi connectivity index (χ1n) is 5.58. The topological polar surface area (TPSA) is 45.4 Å². The quantitative estimate of drug-likeness (QED) is 0.818. The summed E-state index contributed by atoms with van der Waals surface area (Å²) in [4.78, 5) is 11.7. The van der Waals surface area contributed by atoms with Gasteiger partial charge in [0.25, 0.3) is 0 Å². The number of rotatable bonds is 4. The van der Waals surface area contributed by atoms with E-state index in [4.69, 9.17) is 9.47 Å². The third-order valence-corrected chi connectivity index (χ3v) is 2.82. The number of aromatic nitrogens is 2. The number of hydrogen-bond acceptors (Lipinski definition) is 3. The SMILES string of the molecule is COc1ccc(Cn2ccn(C)c2=O)cc1OC. The average molecular weight is 248 g/mol. The maximum atomic E-state index is 11.7. The second-order valence-corrected chi connectivity index (χ2v) is 4.01. The number of aryl methyl sites for hydroxylation is 1. The minimum absolute atomic E-state index is 0.0372. The molecule has 5 heteroatoms. The van der Waals surface area contributed by atoms with Crippen LogP contribution in [0.15, 0.2) is 35.4 Å². The molecule has 0 saturated heterocycles. The molecule has 2 aromatic rings. The van der Waals surface area contributed by atoms with Gasteiger partial charge in [-0.05, 0) is 17.7 Å². The summed E-state index contributed by atoms with van der Waals surface area (Å²) >= 11 is 0. The Morgan fingerprint density at radius 2 is 1.83 bits per heavy atom. The van der Waals surface area contributed by atoms with E-state index in [-0.39, 0.29) is 5.69 Å². The Balaban J connectivity index is 2.30. The van der Waals surface area contributed by atoms with E-state index in [1.165, 1.54) is 0 Å². The van der Waals surface area contributed by atoms with Gasteiger partial charge in [0.05, 0.1) is 20.8 Å². The molecule has 0 aliphatic rings. The van der Waals surface area contributed by atoms with Crippen molar-refractivity contribution in [3.63, 3.8) is 0 Å². The van der Waals surface area contributed by atoms with E-state index in [0.717, 1.165) is 5.56 Å². The molecule has 2 rings (SSSR count). The molecule has 1 aromatic heterocycles. The Labute approximate surface area is 105 Å². The van der Waals surface area contributed by atoms with Crippen LogP contribution < -0.4 is 15.2 Å². The van der Waals surface area contributed by atoms with Crippen LogP contribution in [0.25, 0.3) is 0 Å². The highest BCUT2D eigenvalue weighted by atomic mass is 16.5. The first-order valence-corrected chi connectivity index (χ1v) is 5.58. The first-order chi connectivity index (χ1) is 8.65. The lowest BCUT2D eigenvalue weighted by Gasteiger charge is -2.09. The van der Waals surface area contributed by atoms with Gasteiger partial charge in [0.1, 0.15) is 0 Å². The molecule has 0 N–H and O–H groups in total. The predicted molar refractivity (Wildman–Crippen MR) is 68.3 cm³/mol. The summed E-state index contributed by atoms with van der Waals surface area (Å²) in [6.45, 7) is 0.514. The molecule has 0 saturated carbocycles. The van der Waals surface area contributed by atoms with Crippen molar-refractivity contribution in [2.75, 3.05) is 14.2 Å². The molecule has 1 heterocycles. The van der Waals surface area contributed by atoms with Crippen molar-refractivity contribution in [3.8, 4) is 11.5 Å². The summed E-state index contributed by atoms with van der Waals surface area (Å²) in [6.07, 6.45) is 3.50. The monoisotopic (exact) mass is 248 g/mol. The summed E-state index contributed by atoms with van der Waals surface area (Å²) in [6, 6.07) is 5.63. The maximum absolute atomic E-state index is 11.7. The first kappa shape index (κ1) is 12.3. The fraction of sp³-hybridized carbons (Fsp3) is 0.308. The number of benzene rings is 1. The van der Waals surface area contributed by atoms with Crippen LogP contribution in [0.3, 0.4) is 0 Å². The number of hydrogen-bond donors (Lipinski definition) is 0. The molecule has 0 bridgehead atoms. The Morgan fingerprint density at radius 1 is 1.11 bits per heavy atom. The number of nitrogens with zero attached hydrogens (tertiary/aromatic N) is 2. The van der Waals surface area contributed by atoms with Crippen molar-refractivity contribution < 1.29 is 9.47 Å². The number of ether oxygens (including phenoxy) is 2. The van der Waals surface area contributed by atoms with Gasteiger partial charge in [-0.3, -0.25) is 4.57 Å². The minimum atomic E-state index is -0.0372. The zero-order valence-electron chi connectivity index (χ0n) is 10.7. The summed E-state index contributed by atoms with van der Waals surface area (Å²) in [5.74, 6) is 1.35. The van der Waals surface area contributed by atoms with Crippen LogP contribution in [-0.4, -0.2) is 23.4 Å². The lowest BCUT2D eigenvalue weighted by Crippen LogP contribution is -2.22. The Bertz CT molecular complexity index is 599. The van der Waals surface area contributed by atoms with Crippen molar-refractivity contribution in [2.24, 2.45) is 7.05 Å². The van der Waals surface area contributed by atoms with Crippen LogP contribution in [0.5, 0.6) is 11.5 Å². The highest BCUT2D eigenvalue weighted by molar-refractivity contribution is 5.42. The summed E-state index contributed by atoms with van der Waals surface area (Å²) in [7, 11) is 4.92. The van der Waals surface area contributed by atoms with Crippen molar-refractivity contribution >= 4 is 0 Å². The zero-order chi connectivity index (χ0) is 13.1. The molecule has 0 amide bonds. The van der Waals surface area contributed by atoms with E-state index in [1.807, 2.05) is 18.2 Å². The van der Waals surface area contributed by atoms with E-state index < -0.39 is 0 Å². The minimum Gasteiger partial charge on any atom is -0.493 e. The molecule has 0 atom stereocenters. The Kier molecular flexibility index (Phi) is 3.41. The fourth-order valence-electron chi connectivity index (χ4n) is 1.81. The van der Waals surface area contributed by atoms with Crippen molar-refractivity contribution in [2.45, 2.75) is 6.54 Å². The standard InChI is InChI=1S/C13H16N2O3/c1-14-6-7-15(13(14)16)9-10-4-5-11(17-2)12(8-10)18-3/h4-8H,9H2,1-3H3. The molecule has 5 nitrogen and oxygen atoms in total. The lowest BCUT2D eigenvalue weighted by molar-refractivity contribution is 0.354. The van der Waals surface area contributed by atoms with E-state index in [9.17, 15) is 4.79 Å². The number of imidazole rings is 1. The summed E-state index contributed by atoms with van der Waals surface area (Å²) in [5, 5.41) is 0. The van der Waals surface area contributed by atoms with Crippen molar-refractivity contribution in [1.82, 2.24) is 9.13 Å². The summed E-state index contributed by atoms with van der Waals surface area (Å²) in [5.41, 5.74) is 0.950. The van der Waals surface area contributed by atoms with Gasteiger partial charge < -0.3 is 14.0 Å². The van der Waals surface area contributed by atoms with E-state index in [1.54, 1.807) is 42.8 Å². The summed E-state index contributed by atoms with van der Waals surface area (Å²) < 4.78 is 13.6. The van der Waals surface area contributed by atoms with Gasteiger partial charge in [-0.15, -0.1) is 0 Å². The second kappa shape index (κ2) is 5.00. The normalized spacial score (nSPS) is 10.4. The van der Waals surface area contributed by atoms with E-state index in [0.29, 0.717) is 18.0 Å². The number of methoxy groups -OCH3 is 2. The predicted octanol–water partition coefficient (Wildman–Crippen LogP) is 1.25. The van der Waals surface area contributed by atoms with Gasteiger partial charge >= 0.3 is 5.69 Å². The maximum Gasteiger partial charge on any atom is 0.328 e. The zero-order valence-corrected chi connectivity index (χ0v) is 10.7. The molecule has 0 radical (unpaired) electrons. The van der Waals surface area contributed by atoms with Gasteiger partial charge in [-0.2, -0.15) is 0 Å². The molecular weight excluding hydrogens is 232 g/mol. The lowest BCUT2D eigenvalue weighted by atomic mass is 10.2. The largest absolute Gasteiger partial charge is 0.493 e. The second-order valence-electron chi connectivity index (χ2n) is 4.01. The molecule has 96 valence electrons. The third kappa shape index (κ3) is 2.25. The van der Waals surface area contributed by atoms with Gasteiger partial charge in [0, 0.05) is 19.4 Å². The highest BCUT2D eigenvalue weighted by Gasteiger charge is 2.06. The van der Waals surface area contributed by atoms with Gasteiger partial charge in [-0.25, -0.2) is 4.79 Å². The van der Waals surface area contributed by atoms with Crippen LogP contribution in [0, 0.1) is 0 Å². The Morgan fingerprint density at radius 3 is 2.39 bits per heavy atom. The average Bonchev–Trinajstić information content (AvgIpc) is 2.70. The smallest absolute Gasteiger partial charge is 0.328 e. The molecule has 0 aliphatic heterocycles. The molecular formula is C13H16N2O3.